The number of likely N-dealkylation sites (tertiary alicyclic amines) is 1. The van der Waals surface area contributed by atoms with E-state index in [1.807, 2.05) is 6.92 Å². The van der Waals surface area contributed by atoms with E-state index in [1.54, 1.807) is 23.5 Å². The first-order valence-electron chi connectivity index (χ1n) is 7.72. The summed E-state index contributed by atoms with van der Waals surface area (Å²) >= 11 is 1.59. The molecule has 2 heterocycles. The lowest BCUT2D eigenvalue weighted by Crippen LogP contribution is -2.42. The van der Waals surface area contributed by atoms with Crippen molar-refractivity contribution >= 4 is 11.3 Å². The average Bonchev–Trinajstić information content (AvgIpc) is 2.95. The zero-order chi connectivity index (χ0) is 15.7. The molecule has 4 heteroatoms. The van der Waals surface area contributed by atoms with Crippen LogP contribution < -0.4 is 0 Å². The Morgan fingerprint density at radius 2 is 1.86 bits per heavy atom. The van der Waals surface area contributed by atoms with Crippen molar-refractivity contribution in [1.82, 2.24) is 4.90 Å². The number of hydrogen-bond donors (Lipinski definition) is 1. The fraction of sp³-hybridized carbons (Fsp3) is 0.444. The maximum Gasteiger partial charge on any atom is 0.127 e. The van der Waals surface area contributed by atoms with Crippen LogP contribution in [0, 0.1) is 18.7 Å². The standard InChI is InChI=1S/C18H22FNOS/c1-13-11-17(22-12-13)18(21,14-3-5-16(19)6-4-14)15-7-9-20(2)10-8-15/h3-6,11-12,15,21H,7-10H2,1-2H3. The van der Waals surface area contributed by atoms with Gasteiger partial charge in [-0.25, -0.2) is 4.39 Å². The van der Waals surface area contributed by atoms with Crippen LogP contribution in [0.2, 0.25) is 0 Å². The molecule has 0 saturated carbocycles. The Morgan fingerprint density at radius 1 is 1.23 bits per heavy atom. The highest BCUT2D eigenvalue weighted by Gasteiger charge is 2.42. The summed E-state index contributed by atoms with van der Waals surface area (Å²) in [6.45, 7) is 4.01. The predicted octanol–water partition coefficient (Wildman–Crippen LogP) is 3.77. The number of hydrogen-bond acceptors (Lipinski definition) is 3. The van der Waals surface area contributed by atoms with E-state index in [0.29, 0.717) is 0 Å². The Morgan fingerprint density at radius 3 is 2.41 bits per heavy atom. The molecule has 0 bridgehead atoms. The third-order valence-electron chi connectivity index (χ3n) is 4.70. The Hall–Kier alpha value is -1.23. The highest BCUT2D eigenvalue weighted by Crippen LogP contribution is 2.44. The molecule has 1 aromatic heterocycles. The summed E-state index contributed by atoms with van der Waals surface area (Å²) in [7, 11) is 2.11. The lowest BCUT2D eigenvalue weighted by atomic mass is 9.75. The van der Waals surface area contributed by atoms with Crippen LogP contribution in [-0.4, -0.2) is 30.1 Å². The molecule has 1 aliphatic heterocycles. The Balaban J connectivity index is 2.03. The predicted molar refractivity (Wildman–Crippen MR) is 88.7 cm³/mol. The van der Waals surface area contributed by atoms with E-state index >= 15 is 0 Å². The highest BCUT2D eigenvalue weighted by atomic mass is 32.1. The van der Waals surface area contributed by atoms with E-state index in [-0.39, 0.29) is 11.7 Å². The van der Waals surface area contributed by atoms with Crippen molar-refractivity contribution in [3.05, 3.63) is 57.5 Å². The van der Waals surface area contributed by atoms with Gasteiger partial charge >= 0.3 is 0 Å². The first kappa shape index (κ1) is 15.7. The van der Waals surface area contributed by atoms with Crippen molar-refractivity contribution in [2.24, 2.45) is 5.92 Å². The third kappa shape index (κ3) is 2.83. The van der Waals surface area contributed by atoms with Crippen LogP contribution in [0.25, 0.3) is 0 Å². The minimum atomic E-state index is -1.02. The van der Waals surface area contributed by atoms with Gasteiger partial charge in [-0.05, 0) is 80.5 Å². The molecule has 0 aliphatic carbocycles. The Bertz CT molecular complexity index is 631. The van der Waals surface area contributed by atoms with E-state index in [4.69, 9.17) is 0 Å². The first-order valence-corrected chi connectivity index (χ1v) is 8.60. The van der Waals surface area contributed by atoms with Gasteiger partial charge < -0.3 is 10.0 Å². The summed E-state index contributed by atoms with van der Waals surface area (Å²) in [6, 6.07) is 8.39. The topological polar surface area (TPSA) is 23.5 Å². The summed E-state index contributed by atoms with van der Waals surface area (Å²) in [5.41, 5.74) is 0.937. The zero-order valence-electron chi connectivity index (χ0n) is 13.1. The lowest BCUT2D eigenvalue weighted by molar-refractivity contribution is -0.00801. The second-order valence-corrected chi connectivity index (χ2v) is 7.25. The molecule has 0 spiro atoms. The summed E-state index contributed by atoms with van der Waals surface area (Å²) in [5.74, 6) is -0.107. The van der Waals surface area contributed by atoms with Crippen molar-refractivity contribution in [1.29, 1.82) is 0 Å². The van der Waals surface area contributed by atoms with Crippen molar-refractivity contribution in [3.8, 4) is 0 Å². The van der Waals surface area contributed by atoms with Crippen molar-refractivity contribution in [3.63, 3.8) is 0 Å². The molecule has 1 saturated heterocycles. The lowest BCUT2D eigenvalue weighted by Gasteiger charge is -2.40. The van der Waals surface area contributed by atoms with Crippen LogP contribution in [-0.2, 0) is 5.60 Å². The van der Waals surface area contributed by atoms with Gasteiger partial charge in [-0.15, -0.1) is 11.3 Å². The van der Waals surface area contributed by atoms with Crippen LogP contribution in [0.5, 0.6) is 0 Å². The quantitative estimate of drug-likeness (QED) is 0.931. The van der Waals surface area contributed by atoms with Gasteiger partial charge in [0.25, 0.3) is 0 Å². The van der Waals surface area contributed by atoms with E-state index < -0.39 is 5.60 Å². The molecule has 118 valence electrons. The molecule has 3 rings (SSSR count). The molecule has 2 aromatic rings. The summed E-state index contributed by atoms with van der Waals surface area (Å²) in [4.78, 5) is 3.26. The van der Waals surface area contributed by atoms with Crippen LogP contribution >= 0.6 is 11.3 Å². The average molecular weight is 319 g/mol. The number of benzene rings is 1. The number of aliphatic hydroxyl groups is 1. The minimum Gasteiger partial charge on any atom is -0.379 e. The number of halogens is 1. The molecular formula is C18H22FNOS. The van der Waals surface area contributed by atoms with Gasteiger partial charge in [0.15, 0.2) is 0 Å². The number of piperidine rings is 1. The van der Waals surface area contributed by atoms with E-state index in [2.05, 4.69) is 23.4 Å². The van der Waals surface area contributed by atoms with Gasteiger partial charge in [-0.1, -0.05) is 12.1 Å². The summed E-state index contributed by atoms with van der Waals surface area (Å²) in [6.07, 6.45) is 1.89. The molecule has 1 aliphatic rings. The normalized spacial score (nSPS) is 20.0. The molecule has 22 heavy (non-hydrogen) atoms. The first-order chi connectivity index (χ1) is 10.5. The largest absolute Gasteiger partial charge is 0.379 e. The number of nitrogens with zero attached hydrogens (tertiary/aromatic N) is 1. The van der Waals surface area contributed by atoms with E-state index in [1.165, 1.54) is 12.1 Å². The number of rotatable bonds is 3. The molecule has 1 N–H and O–H groups in total. The van der Waals surface area contributed by atoms with E-state index in [0.717, 1.165) is 41.9 Å². The second kappa shape index (κ2) is 6.11. The van der Waals surface area contributed by atoms with Crippen molar-refractivity contribution < 1.29 is 9.50 Å². The van der Waals surface area contributed by atoms with Gasteiger partial charge in [0.05, 0.1) is 0 Å². The summed E-state index contributed by atoms with van der Waals surface area (Å²) < 4.78 is 13.3. The van der Waals surface area contributed by atoms with Gasteiger partial charge in [-0.2, -0.15) is 0 Å². The maximum atomic E-state index is 13.3. The van der Waals surface area contributed by atoms with Gasteiger partial charge in [0.2, 0.25) is 0 Å². The van der Waals surface area contributed by atoms with Gasteiger partial charge in [-0.3, -0.25) is 0 Å². The van der Waals surface area contributed by atoms with E-state index in [9.17, 15) is 9.50 Å². The highest BCUT2D eigenvalue weighted by molar-refractivity contribution is 7.10. The molecule has 1 atom stereocenters. The Kier molecular flexibility index (Phi) is 4.35. The zero-order valence-corrected chi connectivity index (χ0v) is 13.9. The smallest absolute Gasteiger partial charge is 0.127 e. The fourth-order valence-corrected chi connectivity index (χ4v) is 4.44. The number of aryl methyl sites for hydroxylation is 1. The van der Waals surface area contributed by atoms with Gasteiger partial charge in [0, 0.05) is 4.88 Å². The number of thiophene rings is 1. The molecule has 1 fully saturated rings. The van der Waals surface area contributed by atoms with Crippen molar-refractivity contribution in [2.75, 3.05) is 20.1 Å². The third-order valence-corrected chi connectivity index (χ3v) is 5.87. The van der Waals surface area contributed by atoms with Gasteiger partial charge in [0.1, 0.15) is 11.4 Å². The second-order valence-electron chi connectivity index (χ2n) is 6.34. The fourth-order valence-electron chi connectivity index (χ4n) is 3.34. The molecule has 0 amide bonds. The molecule has 1 unspecified atom stereocenters. The van der Waals surface area contributed by atoms with Crippen LogP contribution in [0.3, 0.4) is 0 Å². The minimum absolute atomic E-state index is 0.159. The molecule has 1 aromatic carbocycles. The molecule has 0 radical (unpaired) electrons. The Labute approximate surface area is 135 Å². The SMILES string of the molecule is Cc1csc(C(O)(c2ccc(F)cc2)C2CCN(C)CC2)c1. The molecular weight excluding hydrogens is 297 g/mol. The maximum absolute atomic E-state index is 13.3. The van der Waals surface area contributed by atoms with Crippen molar-refractivity contribution in [2.45, 2.75) is 25.4 Å². The molecule has 2 nitrogen and oxygen atoms in total. The van der Waals surface area contributed by atoms with Crippen LogP contribution in [0.15, 0.2) is 35.7 Å². The summed E-state index contributed by atoms with van der Waals surface area (Å²) in [5, 5.41) is 13.7. The van der Waals surface area contributed by atoms with Crippen LogP contribution in [0.4, 0.5) is 4.39 Å². The van der Waals surface area contributed by atoms with Crippen LogP contribution in [0.1, 0.15) is 28.8 Å². The monoisotopic (exact) mass is 319 g/mol.